The van der Waals surface area contributed by atoms with Crippen molar-refractivity contribution in [3.05, 3.63) is 59.2 Å². The highest BCUT2D eigenvalue weighted by molar-refractivity contribution is 5.97. The maximum atomic E-state index is 12.1. The molecule has 5 nitrogen and oxygen atoms in total. The van der Waals surface area contributed by atoms with Crippen LogP contribution in [-0.2, 0) is 4.79 Å². The van der Waals surface area contributed by atoms with Crippen LogP contribution in [-0.4, -0.2) is 25.4 Å². The van der Waals surface area contributed by atoms with E-state index in [4.69, 9.17) is 0 Å². The zero-order valence-electron chi connectivity index (χ0n) is 15.1. The van der Waals surface area contributed by atoms with E-state index in [1.54, 1.807) is 19.2 Å². The Balaban J connectivity index is 1.97. The maximum absolute atomic E-state index is 12.1. The van der Waals surface area contributed by atoms with Gasteiger partial charge in [0, 0.05) is 24.0 Å². The predicted octanol–water partition coefficient (Wildman–Crippen LogP) is 3.53. The molecule has 0 atom stereocenters. The number of carbonyl (C=O) groups is 2. The van der Waals surface area contributed by atoms with Crippen molar-refractivity contribution in [2.24, 2.45) is 0 Å². The molecule has 0 saturated carbocycles. The molecule has 0 spiro atoms. The molecule has 0 aliphatic rings. The van der Waals surface area contributed by atoms with Gasteiger partial charge < -0.3 is 16.0 Å². The quantitative estimate of drug-likeness (QED) is 0.754. The third kappa shape index (κ3) is 4.83. The standard InChI is InChI=1S/C20H25N3O2/c1-13(2)15-8-10-16(11-9-15)23-19(24)12-22-18-7-5-6-17(14(18)3)20(25)21-4/h5-11,13,22H,12H2,1-4H3,(H,21,25)(H,23,24). The molecule has 0 saturated heterocycles. The van der Waals surface area contributed by atoms with Crippen LogP contribution in [0.25, 0.3) is 0 Å². The molecule has 3 N–H and O–H groups in total. The average molecular weight is 339 g/mol. The Hall–Kier alpha value is -2.82. The zero-order valence-corrected chi connectivity index (χ0v) is 15.1. The monoisotopic (exact) mass is 339 g/mol. The highest BCUT2D eigenvalue weighted by atomic mass is 16.2. The molecule has 2 amide bonds. The number of anilines is 2. The van der Waals surface area contributed by atoms with Crippen LogP contribution < -0.4 is 16.0 Å². The molecule has 0 radical (unpaired) electrons. The smallest absolute Gasteiger partial charge is 0.251 e. The molecule has 2 aromatic carbocycles. The van der Waals surface area contributed by atoms with Gasteiger partial charge in [0.1, 0.15) is 0 Å². The number of benzene rings is 2. The largest absolute Gasteiger partial charge is 0.376 e. The van der Waals surface area contributed by atoms with E-state index in [9.17, 15) is 9.59 Å². The van der Waals surface area contributed by atoms with Gasteiger partial charge in [-0.05, 0) is 48.2 Å². The minimum Gasteiger partial charge on any atom is -0.376 e. The molecule has 0 aliphatic carbocycles. The predicted molar refractivity (Wildman–Crippen MR) is 102 cm³/mol. The SMILES string of the molecule is CNC(=O)c1cccc(NCC(=O)Nc2ccc(C(C)C)cc2)c1C. The van der Waals surface area contributed by atoms with Crippen molar-refractivity contribution in [2.75, 3.05) is 24.2 Å². The van der Waals surface area contributed by atoms with Gasteiger partial charge in [-0.15, -0.1) is 0 Å². The molecular weight excluding hydrogens is 314 g/mol. The van der Waals surface area contributed by atoms with Crippen LogP contribution in [0.3, 0.4) is 0 Å². The fourth-order valence-corrected chi connectivity index (χ4v) is 2.54. The molecular formula is C20H25N3O2. The number of nitrogens with one attached hydrogen (secondary N) is 3. The molecule has 25 heavy (non-hydrogen) atoms. The molecule has 0 aromatic heterocycles. The third-order valence-corrected chi connectivity index (χ3v) is 4.11. The maximum Gasteiger partial charge on any atom is 0.251 e. The first kappa shape index (κ1) is 18.5. The van der Waals surface area contributed by atoms with Gasteiger partial charge in [0.2, 0.25) is 5.91 Å². The van der Waals surface area contributed by atoms with Crippen molar-refractivity contribution in [3.8, 4) is 0 Å². The molecule has 2 aromatic rings. The van der Waals surface area contributed by atoms with Gasteiger partial charge in [-0.1, -0.05) is 32.0 Å². The zero-order chi connectivity index (χ0) is 18.4. The molecule has 5 heteroatoms. The lowest BCUT2D eigenvalue weighted by molar-refractivity contribution is -0.114. The molecule has 0 heterocycles. The second-order valence-corrected chi connectivity index (χ2v) is 6.24. The minimum absolute atomic E-state index is 0.129. The van der Waals surface area contributed by atoms with E-state index in [0.717, 1.165) is 16.9 Å². The number of rotatable bonds is 6. The van der Waals surface area contributed by atoms with Crippen LogP contribution in [0, 0.1) is 6.92 Å². The van der Waals surface area contributed by atoms with Crippen molar-refractivity contribution < 1.29 is 9.59 Å². The second-order valence-electron chi connectivity index (χ2n) is 6.24. The lowest BCUT2D eigenvalue weighted by atomic mass is 10.0. The van der Waals surface area contributed by atoms with Gasteiger partial charge in [-0.25, -0.2) is 0 Å². The summed E-state index contributed by atoms with van der Waals surface area (Å²) in [5.74, 6) is 0.180. The van der Waals surface area contributed by atoms with Gasteiger partial charge >= 0.3 is 0 Å². The lowest BCUT2D eigenvalue weighted by Gasteiger charge is -2.13. The summed E-state index contributed by atoms with van der Waals surface area (Å²) in [4.78, 5) is 24.0. The van der Waals surface area contributed by atoms with E-state index in [0.29, 0.717) is 11.5 Å². The van der Waals surface area contributed by atoms with Gasteiger partial charge in [0.15, 0.2) is 0 Å². The molecule has 0 unspecified atom stereocenters. The summed E-state index contributed by atoms with van der Waals surface area (Å²) in [5.41, 5.74) is 4.18. The van der Waals surface area contributed by atoms with Crippen LogP contribution in [0.2, 0.25) is 0 Å². The van der Waals surface area contributed by atoms with E-state index in [1.165, 1.54) is 5.56 Å². The normalized spacial score (nSPS) is 10.4. The van der Waals surface area contributed by atoms with Crippen molar-refractivity contribution >= 4 is 23.2 Å². The van der Waals surface area contributed by atoms with Crippen LogP contribution in [0.4, 0.5) is 11.4 Å². The molecule has 0 bridgehead atoms. The summed E-state index contributed by atoms with van der Waals surface area (Å²) in [6.45, 7) is 6.25. The van der Waals surface area contributed by atoms with Gasteiger partial charge in [0.25, 0.3) is 5.91 Å². The van der Waals surface area contributed by atoms with Crippen molar-refractivity contribution in [1.29, 1.82) is 0 Å². The highest BCUT2D eigenvalue weighted by Gasteiger charge is 2.11. The Morgan fingerprint density at radius 1 is 1.04 bits per heavy atom. The third-order valence-electron chi connectivity index (χ3n) is 4.11. The van der Waals surface area contributed by atoms with Crippen LogP contribution in [0.1, 0.15) is 41.3 Å². The summed E-state index contributed by atoms with van der Waals surface area (Å²) in [6, 6.07) is 13.3. The second kappa shape index (κ2) is 8.33. The number of carbonyl (C=O) groups excluding carboxylic acids is 2. The van der Waals surface area contributed by atoms with Crippen molar-refractivity contribution in [3.63, 3.8) is 0 Å². The fourth-order valence-electron chi connectivity index (χ4n) is 2.54. The van der Waals surface area contributed by atoms with E-state index >= 15 is 0 Å². The summed E-state index contributed by atoms with van der Waals surface area (Å²) < 4.78 is 0. The highest BCUT2D eigenvalue weighted by Crippen LogP contribution is 2.19. The lowest BCUT2D eigenvalue weighted by Crippen LogP contribution is -2.23. The van der Waals surface area contributed by atoms with Crippen LogP contribution in [0.5, 0.6) is 0 Å². The van der Waals surface area contributed by atoms with Crippen molar-refractivity contribution in [2.45, 2.75) is 26.7 Å². The summed E-state index contributed by atoms with van der Waals surface area (Å²) in [7, 11) is 1.60. The fraction of sp³-hybridized carbons (Fsp3) is 0.300. The topological polar surface area (TPSA) is 70.2 Å². The van der Waals surface area contributed by atoms with Gasteiger partial charge in [-0.3, -0.25) is 9.59 Å². The number of hydrogen-bond acceptors (Lipinski definition) is 3. The number of hydrogen-bond donors (Lipinski definition) is 3. The Bertz CT molecular complexity index is 752. The Morgan fingerprint density at radius 2 is 1.72 bits per heavy atom. The Labute approximate surface area is 148 Å². The Kier molecular flexibility index (Phi) is 6.17. The Morgan fingerprint density at radius 3 is 2.32 bits per heavy atom. The molecule has 132 valence electrons. The summed E-state index contributed by atoms with van der Waals surface area (Å²) >= 11 is 0. The molecule has 0 fully saturated rings. The van der Waals surface area contributed by atoms with E-state index in [-0.39, 0.29) is 18.4 Å². The van der Waals surface area contributed by atoms with Gasteiger partial charge in [0.05, 0.1) is 6.54 Å². The molecule has 2 rings (SSSR count). The summed E-state index contributed by atoms with van der Waals surface area (Å²) in [5, 5.41) is 8.57. The minimum atomic E-state index is -0.143. The van der Waals surface area contributed by atoms with Crippen molar-refractivity contribution in [1.82, 2.24) is 5.32 Å². The van der Waals surface area contributed by atoms with E-state index in [2.05, 4.69) is 29.8 Å². The summed E-state index contributed by atoms with van der Waals surface area (Å²) in [6.07, 6.45) is 0. The molecule has 0 aliphatic heterocycles. The average Bonchev–Trinajstić information content (AvgIpc) is 2.60. The van der Waals surface area contributed by atoms with E-state index < -0.39 is 0 Å². The van der Waals surface area contributed by atoms with Crippen LogP contribution >= 0.6 is 0 Å². The first-order valence-electron chi connectivity index (χ1n) is 8.37. The first-order chi connectivity index (χ1) is 11.9. The van der Waals surface area contributed by atoms with Crippen LogP contribution in [0.15, 0.2) is 42.5 Å². The van der Waals surface area contributed by atoms with Gasteiger partial charge in [-0.2, -0.15) is 0 Å². The first-order valence-corrected chi connectivity index (χ1v) is 8.37. The number of amides is 2. The van der Waals surface area contributed by atoms with E-state index in [1.807, 2.05) is 37.3 Å².